The monoisotopic (exact) mass is 488 g/mol. The molecule has 0 bridgehead atoms. The first-order valence-corrected chi connectivity index (χ1v) is 8.36. The van der Waals surface area contributed by atoms with Crippen LogP contribution in [0.3, 0.4) is 0 Å². The Morgan fingerprint density at radius 2 is 2.07 bits per heavy atom. The number of urea groups is 1. The molecule has 0 unspecified atom stereocenters. The molecule has 1 aromatic carbocycles. The van der Waals surface area contributed by atoms with Gasteiger partial charge in [0.2, 0.25) is 5.91 Å². The third-order valence-electron chi connectivity index (χ3n) is 4.20. The fourth-order valence-corrected chi connectivity index (χ4v) is 2.86. The maximum atomic E-state index is 13.4. The number of hydrogen-bond acceptors (Lipinski definition) is 3. The molecule has 10 heteroatoms. The summed E-state index contributed by atoms with van der Waals surface area (Å²) in [5.41, 5.74) is 1.92. The average Bonchev–Trinajstić information content (AvgIpc) is 3.17. The summed E-state index contributed by atoms with van der Waals surface area (Å²) in [6.45, 7) is 1.33. The predicted molar refractivity (Wildman–Crippen MR) is 112 cm³/mol. The van der Waals surface area contributed by atoms with E-state index in [1.807, 2.05) is 6.20 Å². The van der Waals surface area contributed by atoms with E-state index in [1.165, 1.54) is 17.0 Å². The lowest BCUT2D eigenvalue weighted by Gasteiger charge is -2.15. The number of amides is 3. The second kappa shape index (κ2) is 9.53. The van der Waals surface area contributed by atoms with Crippen LogP contribution in [0, 0.1) is 5.82 Å². The van der Waals surface area contributed by atoms with E-state index in [9.17, 15) is 14.0 Å². The van der Waals surface area contributed by atoms with E-state index in [-0.39, 0.29) is 54.8 Å². The number of nitrogens with zero attached hydrogens (tertiary/aromatic N) is 2. The van der Waals surface area contributed by atoms with Crippen molar-refractivity contribution in [2.45, 2.75) is 6.42 Å². The first kappa shape index (κ1) is 20.9. The van der Waals surface area contributed by atoms with Gasteiger partial charge in [-0.15, -0.1) is 24.0 Å². The molecule has 1 aromatic heterocycles. The molecule has 0 atom stereocenters. The first-order chi connectivity index (χ1) is 12.6. The molecule has 0 saturated carbocycles. The Morgan fingerprint density at radius 1 is 1.30 bits per heavy atom. The smallest absolute Gasteiger partial charge is 0.324 e. The molecule has 0 aliphatic carbocycles. The van der Waals surface area contributed by atoms with Gasteiger partial charge in [0.25, 0.3) is 0 Å². The average molecular weight is 488 g/mol. The van der Waals surface area contributed by atoms with Crippen molar-refractivity contribution in [3.05, 3.63) is 35.8 Å². The lowest BCUT2D eigenvalue weighted by Crippen LogP contribution is -2.43. The molecule has 146 valence electrons. The largest absolute Gasteiger partial charge is 0.361 e. The number of imide groups is 1. The Morgan fingerprint density at radius 3 is 2.78 bits per heavy atom. The van der Waals surface area contributed by atoms with Crippen LogP contribution in [-0.4, -0.2) is 61.0 Å². The topological polar surface area (TPSA) is 102 Å². The molecule has 3 rings (SSSR count). The van der Waals surface area contributed by atoms with E-state index >= 15 is 0 Å². The molecule has 3 amide bonds. The van der Waals surface area contributed by atoms with Crippen molar-refractivity contribution in [3.8, 4) is 0 Å². The number of aromatic amines is 1. The number of aliphatic imine (C=N–C) groups is 1. The highest BCUT2D eigenvalue weighted by molar-refractivity contribution is 14.0. The molecule has 1 fully saturated rings. The van der Waals surface area contributed by atoms with Gasteiger partial charge in [0.1, 0.15) is 5.82 Å². The maximum Gasteiger partial charge on any atom is 0.324 e. The number of carbonyl (C=O) groups excluding carboxylic acids is 2. The summed E-state index contributed by atoms with van der Waals surface area (Å²) in [6.07, 6.45) is 2.57. The number of hydrogen-bond donors (Lipinski definition) is 4. The number of benzene rings is 1. The maximum absolute atomic E-state index is 13.4. The number of nitrogens with one attached hydrogen (secondary N) is 4. The minimum absolute atomic E-state index is 0. The highest BCUT2D eigenvalue weighted by atomic mass is 127. The summed E-state index contributed by atoms with van der Waals surface area (Å²) >= 11 is 0. The standard InChI is InChI=1S/C17H21FN6O2.HI/c1-19-16(21-6-7-24-15(25)10-23-17(24)26)20-5-4-11-9-22-14-3-2-12(18)8-13(11)14;/h2-3,8-9,22H,4-7,10H2,1H3,(H,23,26)(H2,19,20,21);1H. The number of halogens is 2. The van der Waals surface area contributed by atoms with Crippen LogP contribution >= 0.6 is 24.0 Å². The second-order valence-corrected chi connectivity index (χ2v) is 5.88. The minimum Gasteiger partial charge on any atom is -0.361 e. The second-order valence-electron chi connectivity index (χ2n) is 5.88. The molecule has 2 aromatic rings. The van der Waals surface area contributed by atoms with Crippen LogP contribution in [0.1, 0.15) is 5.56 Å². The van der Waals surface area contributed by atoms with Gasteiger partial charge in [-0.3, -0.25) is 14.7 Å². The van der Waals surface area contributed by atoms with Crippen molar-refractivity contribution in [2.24, 2.45) is 4.99 Å². The molecular weight excluding hydrogens is 466 g/mol. The summed E-state index contributed by atoms with van der Waals surface area (Å²) in [5, 5.41) is 9.57. The highest BCUT2D eigenvalue weighted by Crippen LogP contribution is 2.19. The van der Waals surface area contributed by atoms with Crippen molar-refractivity contribution in [2.75, 3.05) is 33.2 Å². The van der Waals surface area contributed by atoms with E-state index in [1.54, 1.807) is 13.1 Å². The fraction of sp³-hybridized carbons (Fsp3) is 0.353. The van der Waals surface area contributed by atoms with E-state index in [4.69, 9.17) is 0 Å². The van der Waals surface area contributed by atoms with Crippen LogP contribution in [0.15, 0.2) is 29.4 Å². The molecule has 2 heterocycles. The van der Waals surface area contributed by atoms with E-state index in [2.05, 4.69) is 25.9 Å². The minimum atomic E-state index is -0.369. The summed E-state index contributed by atoms with van der Waals surface area (Å²) in [6, 6.07) is 4.30. The number of rotatable bonds is 6. The Bertz CT molecular complexity index is 837. The normalized spacial score (nSPS) is 14.3. The number of fused-ring (bicyclic) bond motifs is 1. The van der Waals surface area contributed by atoms with Crippen molar-refractivity contribution in [3.63, 3.8) is 0 Å². The van der Waals surface area contributed by atoms with E-state index in [0.717, 1.165) is 16.5 Å². The number of H-pyrrole nitrogens is 1. The zero-order chi connectivity index (χ0) is 18.5. The van der Waals surface area contributed by atoms with Gasteiger partial charge in [-0.1, -0.05) is 0 Å². The Balaban J connectivity index is 0.00000261. The fourth-order valence-electron chi connectivity index (χ4n) is 2.86. The van der Waals surface area contributed by atoms with Gasteiger partial charge in [0.15, 0.2) is 5.96 Å². The number of carbonyl (C=O) groups is 2. The van der Waals surface area contributed by atoms with Crippen LogP contribution in [0.2, 0.25) is 0 Å². The third-order valence-corrected chi connectivity index (χ3v) is 4.20. The van der Waals surface area contributed by atoms with Crippen molar-refractivity contribution in [1.82, 2.24) is 25.8 Å². The van der Waals surface area contributed by atoms with Crippen LogP contribution in [0.25, 0.3) is 10.9 Å². The van der Waals surface area contributed by atoms with Crippen LogP contribution < -0.4 is 16.0 Å². The van der Waals surface area contributed by atoms with Crippen LogP contribution in [0.4, 0.5) is 9.18 Å². The summed E-state index contributed by atoms with van der Waals surface area (Å²) in [5.74, 6) is 0.0821. The van der Waals surface area contributed by atoms with Gasteiger partial charge in [0.05, 0.1) is 6.54 Å². The quantitative estimate of drug-likeness (QED) is 0.212. The third kappa shape index (κ3) is 5.08. The van der Waals surface area contributed by atoms with Crippen LogP contribution in [-0.2, 0) is 11.2 Å². The molecule has 1 aliphatic heterocycles. The van der Waals surface area contributed by atoms with Gasteiger partial charge in [-0.2, -0.15) is 0 Å². The lowest BCUT2D eigenvalue weighted by molar-refractivity contribution is -0.124. The molecule has 1 aliphatic rings. The van der Waals surface area contributed by atoms with Gasteiger partial charge < -0.3 is 20.9 Å². The number of guanidine groups is 1. The Kier molecular flexibility index (Phi) is 7.39. The molecule has 4 N–H and O–H groups in total. The van der Waals surface area contributed by atoms with E-state index < -0.39 is 0 Å². The van der Waals surface area contributed by atoms with Crippen molar-refractivity contribution >= 4 is 52.8 Å². The molecule has 1 saturated heterocycles. The zero-order valence-corrected chi connectivity index (χ0v) is 17.2. The van der Waals surface area contributed by atoms with Crippen molar-refractivity contribution < 1.29 is 14.0 Å². The molecule has 0 spiro atoms. The molecule has 27 heavy (non-hydrogen) atoms. The Hall–Kier alpha value is -2.37. The molecular formula is C17H22FIN6O2. The number of aromatic nitrogens is 1. The summed E-state index contributed by atoms with van der Waals surface area (Å²) in [4.78, 5) is 31.4. The van der Waals surface area contributed by atoms with Crippen LogP contribution in [0.5, 0.6) is 0 Å². The lowest BCUT2D eigenvalue weighted by atomic mass is 10.1. The first-order valence-electron chi connectivity index (χ1n) is 8.36. The molecule has 8 nitrogen and oxygen atoms in total. The summed E-state index contributed by atoms with van der Waals surface area (Å²) in [7, 11) is 1.64. The van der Waals surface area contributed by atoms with E-state index in [0.29, 0.717) is 25.5 Å². The predicted octanol–water partition coefficient (Wildman–Crippen LogP) is 1.18. The van der Waals surface area contributed by atoms with Gasteiger partial charge in [0, 0.05) is 43.8 Å². The molecule has 0 radical (unpaired) electrons. The highest BCUT2D eigenvalue weighted by Gasteiger charge is 2.27. The Labute approximate surface area is 173 Å². The van der Waals surface area contributed by atoms with Gasteiger partial charge in [-0.05, 0) is 30.2 Å². The van der Waals surface area contributed by atoms with Crippen molar-refractivity contribution in [1.29, 1.82) is 0 Å². The van der Waals surface area contributed by atoms with Gasteiger partial charge in [-0.25, -0.2) is 9.18 Å². The zero-order valence-electron chi connectivity index (χ0n) is 14.8. The SMILES string of the molecule is CN=C(NCCc1c[nH]c2ccc(F)cc12)NCCN1C(=O)CNC1=O.I. The van der Waals surface area contributed by atoms with Gasteiger partial charge >= 0.3 is 6.03 Å². The summed E-state index contributed by atoms with van der Waals surface area (Å²) < 4.78 is 13.4.